The lowest BCUT2D eigenvalue weighted by Crippen LogP contribution is -2.21. The van der Waals surface area contributed by atoms with Crippen molar-refractivity contribution in [2.75, 3.05) is 17.3 Å². The Labute approximate surface area is 230 Å². The molecule has 1 saturated heterocycles. The van der Waals surface area contributed by atoms with E-state index in [1.807, 2.05) is 23.9 Å². The number of hydrogen-bond acceptors (Lipinski definition) is 4. The molecule has 1 aliphatic carbocycles. The minimum atomic E-state index is -0.213. The fourth-order valence-electron chi connectivity index (χ4n) is 4.85. The monoisotopic (exact) mass is 529 g/mol. The average Bonchev–Trinajstić information content (AvgIpc) is 3.68. The first-order valence-electron chi connectivity index (χ1n) is 13.5. The molecule has 3 nitrogen and oxygen atoms in total. The van der Waals surface area contributed by atoms with Gasteiger partial charge in [0.05, 0.1) is 6.61 Å². The zero-order chi connectivity index (χ0) is 26.6. The summed E-state index contributed by atoms with van der Waals surface area (Å²) in [5.41, 5.74) is 9.23. The van der Waals surface area contributed by atoms with Gasteiger partial charge in [-0.1, -0.05) is 38.1 Å². The Hall–Kier alpha value is -3.18. The highest BCUT2D eigenvalue weighted by Gasteiger charge is 2.31. The number of ether oxygens (including phenoxy) is 2. The first-order valence-corrected chi connectivity index (χ1v) is 14.5. The summed E-state index contributed by atoms with van der Waals surface area (Å²) in [7, 11) is 0. The normalized spacial score (nSPS) is 16.6. The molecule has 1 aliphatic heterocycles. The predicted molar refractivity (Wildman–Crippen MR) is 157 cm³/mol. The van der Waals surface area contributed by atoms with E-state index < -0.39 is 0 Å². The molecule has 2 fully saturated rings. The van der Waals surface area contributed by atoms with Gasteiger partial charge in [0, 0.05) is 22.7 Å². The molecule has 1 unspecified atom stereocenters. The van der Waals surface area contributed by atoms with Gasteiger partial charge >= 0.3 is 0 Å². The second-order valence-electron chi connectivity index (χ2n) is 10.2. The van der Waals surface area contributed by atoms with Gasteiger partial charge in [0.25, 0.3) is 0 Å². The van der Waals surface area contributed by atoms with Crippen LogP contribution in [0.5, 0.6) is 5.75 Å². The molecule has 2 aliphatic rings. The zero-order valence-corrected chi connectivity index (χ0v) is 23.4. The number of halogens is 1. The van der Waals surface area contributed by atoms with Crippen molar-refractivity contribution >= 4 is 23.2 Å². The maximum absolute atomic E-state index is 13.5. The Morgan fingerprint density at radius 2 is 1.82 bits per heavy atom. The molecule has 3 aromatic carbocycles. The maximum atomic E-state index is 13.5. The molecule has 0 bridgehead atoms. The van der Waals surface area contributed by atoms with Gasteiger partial charge in [0.2, 0.25) is 0 Å². The van der Waals surface area contributed by atoms with Crippen LogP contribution in [-0.2, 0) is 11.3 Å². The van der Waals surface area contributed by atoms with Crippen molar-refractivity contribution < 1.29 is 13.9 Å². The van der Waals surface area contributed by atoms with Crippen molar-refractivity contribution in [3.63, 3.8) is 0 Å². The molecule has 1 saturated carbocycles. The molecule has 3 aromatic rings. The Morgan fingerprint density at radius 1 is 1.03 bits per heavy atom. The molecule has 5 heteroatoms. The van der Waals surface area contributed by atoms with E-state index in [1.165, 1.54) is 23.3 Å². The smallest absolute Gasteiger partial charge is 0.126 e. The van der Waals surface area contributed by atoms with E-state index in [4.69, 9.17) is 9.47 Å². The second-order valence-corrected chi connectivity index (χ2v) is 11.2. The van der Waals surface area contributed by atoms with Crippen LogP contribution < -0.4 is 9.64 Å². The van der Waals surface area contributed by atoms with Crippen LogP contribution in [0.25, 0.3) is 5.76 Å². The van der Waals surface area contributed by atoms with E-state index in [9.17, 15) is 4.39 Å². The molecular formula is C33H36FNO2S. The first-order chi connectivity index (χ1) is 18.4. The number of benzene rings is 3. The summed E-state index contributed by atoms with van der Waals surface area (Å²) < 4.78 is 25.9. The zero-order valence-electron chi connectivity index (χ0n) is 22.6. The molecule has 0 radical (unpaired) electrons. The van der Waals surface area contributed by atoms with Crippen LogP contribution in [0.4, 0.5) is 10.1 Å². The Kier molecular flexibility index (Phi) is 8.13. The highest BCUT2D eigenvalue weighted by Crippen LogP contribution is 2.47. The highest BCUT2D eigenvalue weighted by molar-refractivity contribution is 8.00. The van der Waals surface area contributed by atoms with E-state index in [0.29, 0.717) is 6.61 Å². The second kappa shape index (κ2) is 11.7. The number of hydrogen-bond donors (Lipinski definition) is 0. The van der Waals surface area contributed by atoms with Crippen LogP contribution in [0, 0.1) is 19.7 Å². The van der Waals surface area contributed by atoms with Crippen molar-refractivity contribution in [1.82, 2.24) is 0 Å². The van der Waals surface area contributed by atoms with Crippen LogP contribution in [0.3, 0.4) is 0 Å². The lowest BCUT2D eigenvalue weighted by Gasteiger charge is -2.29. The summed E-state index contributed by atoms with van der Waals surface area (Å²) >= 11 is 1.82. The van der Waals surface area contributed by atoms with Gasteiger partial charge in [-0.05, 0) is 103 Å². The quantitative estimate of drug-likeness (QED) is 0.193. The predicted octanol–water partition coefficient (Wildman–Crippen LogP) is 9.11. The van der Waals surface area contributed by atoms with Crippen LogP contribution in [-0.4, -0.2) is 12.4 Å². The van der Waals surface area contributed by atoms with Crippen molar-refractivity contribution in [3.8, 4) is 5.75 Å². The van der Waals surface area contributed by atoms with Crippen LogP contribution in [0.1, 0.15) is 65.8 Å². The summed E-state index contributed by atoms with van der Waals surface area (Å²) in [4.78, 5) is 2.29. The molecule has 1 atom stereocenters. The van der Waals surface area contributed by atoms with E-state index in [-0.39, 0.29) is 11.2 Å². The summed E-state index contributed by atoms with van der Waals surface area (Å²) in [5, 5.41) is 0.0855. The SMILES string of the molecule is C=C1CSC(c2ccc(F)cc2)N1c1ccc(C(OCc2ccc(OCCCC)c(C)c2)=C2CC2)cc1C. The average molecular weight is 530 g/mol. The minimum absolute atomic E-state index is 0.0855. The summed E-state index contributed by atoms with van der Waals surface area (Å²) in [6.45, 7) is 12.0. The molecule has 38 heavy (non-hydrogen) atoms. The fraction of sp³-hybridized carbons (Fsp3) is 0.333. The molecular weight excluding hydrogens is 493 g/mol. The van der Waals surface area contributed by atoms with Gasteiger partial charge in [-0.25, -0.2) is 4.39 Å². The van der Waals surface area contributed by atoms with Gasteiger partial charge in [-0.15, -0.1) is 11.8 Å². The molecule has 0 aromatic heterocycles. The minimum Gasteiger partial charge on any atom is -0.493 e. The fourth-order valence-corrected chi connectivity index (χ4v) is 6.10. The summed E-state index contributed by atoms with van der Waals surface area (Å²) in [6.07, 6.45) is 4.37. The molecule has 0 spiro atoms. The van der Waals surface area contributed by atoms with Gasteiger partial charge in [0.1, 0.15) is 29.3 Å². The molecule has 5 rings (SSSR count). The number of aryl methyl sites for hydroxylation is 2. The van der Waals surface area contributed by atoms with Gasteiger partial charge in [-0.2, -0.15) is 0 Å². The van der Waals surface area contributed by atoms with Crippen molar-refractivity contribution in [3.05, 3.63) is 112 Å². The molecule has 198 valence electrons. The van der Waals surface area contributed by atoms with Crippen molar-refractivity contribution in [1.29, 1.82) is 0 Å². The van der Waals surface area contributed by atoms with Crippen molar-refractivity contribution in [2.45, 2.75) is 58.4 Å². The maximum Gasteiger partial charge on any atom is 0.126 e. The van der Waals surface area contributed by atoms with E-state index in [0.717, 1.165) is 83.2 Å². The van der Waals surface area contributed by atoms with Gasteiger partial charge < -0.3 is 14.4 Å². The first kappa shape index (κ1) is 26.4. The standard InChI is InChI=1S/C33H36FNO2S/c1-5-6-17-36-31-16-7-25(18-23(31)3)20-37-32(26-8-9-26)28-12-15-30(22(2)19-28)35-24(4)21-38-33(35)27-10-13-29(34)14-11-27/h7,10-16,18-19,33H,4-6,8-9,17,20-21H2,1-3H3. The van der Waals surface area contributed by atoms with Crippen molar-refractivity contribution in [2.24, 2.45) is 0 Å². The lowest BCUT2D eigenvalue weighted by molar-refractivity contribution is 0.262. The third-order valence-corrected chi connectivity index (χ3v) is 8.35. The highest BCUT2D eigenvalue weighted by atomic mass is 32.2. The molecule has 0 amide bonds. The Bertz CT molecular complexity index is 1340. The lowest BCUT2D eigenvalue weighted by atomic mass is 10.1. The number of nitrogens with zero attached hydrogens (tertiary/aromatic N) is 1. The number of thioether (sulfide) groups is 1. The Morgan fingerprint density at radius 3 is 2.50 bits per heavy atom. The summed E-state index contributed by atoms with van der Waals surface area (Å²) in [5.74, 6) is 2.60. The summed E-state index contributed by atoms with van der Waals surface area (Å²) in [6, 6.07) is 19.7. The third kappa shape index (κ3) is 5.94. The molecule has 0 N–H and O–H groups in total. The Balaban J connectivity index is 1.32. The van der Waals surface area contributed by atoms with E-state index in [1.54, 1.807) is 0 Å². The van der Waals surface area contributed by atoms with Gasteiger partial charge in [0.15, 0.2) is 0 Å². The third-order valence-electron chi connectivity index (χ3n) is 7.06. The largest absolute Gasteiger partial charge is 0.493 e. The van der Waals surface area contributed by atoms with Gasteiger partial charge in [-0.3, -0.25) is 0 Å². The van der Waals surface area contributed by atoms with Crippen LogP contribution >= 0.6 is 11.8 Å². The molecule has 1 heterocycles. The topological polar surface area (TPSA) is 21.7 Å². The number of anilines is 1. The van der Waals surface area contributed by atoms with E-state index in [2.05, 4.69) is 68.6 Å². The number of rotatable bonds is 10. The number of allylic oxidation sites excluding steroid dienone is 1. The van der Waals surface area contributed by atoms with Crippen LogP contribution in [0.2, 0.25) is 0 Å². The van der Waals surface area contributed by atoms with Crippen LogP contribution in [0.15, 0.2) is 78.5 Å². The number of unbranched alkanes of at least 4 members (excludes halogenated alkanes) is 1. The van der Waals surface area contributed by atoms with E-state index >= 15 is 0 Å².